The molecule has 0 saturated carbocycles. The minimum atomic E-state index is -0.627. The number of hydrogen-bond acceptors (Lipinski definition) is 1. The largest absolute Gasteiger partial charge is 0.481 e. The zero-order valence-electron chi connectivity index (χ0n) is 8.34. The first-order valence-corrected chi connectivity index (χ1v) is 4.86. The fourth-order valence-corrected chi connectivity index (χ4v) is 1.36. The molecule has 2 atom stereocenters. The fraction of sp³-hybridized carbons (Fsp3) is 0.900. The van der Waals surface area contributed by atoms with Crippen molar-refractivity contribution in [3.63, 3.8) is 0 Å². The van der Waals surface area contributed by atoms with Crippen molar-refractivity contribution in [2.24, 2.45) is 11.8 Å². The molecule has 0 spiro atoms. The average molecular weight is 172 g/mol. The van der Waals surface area contributed by atoms with Gasteiger partial charge in [0, 0.05) is 0 Å². The Morgan fingerprint density at radius 3 is 2.33 bits per heavy atom. The Morgan fingerprint density at radius 2 is 2.00 bits per heavy atom. The lowest BCUT2D eigenvalue weighted by Crippen LogP contribution is -2.21. The molecule has 0 aromatic heterocycles. The Bertz CT molecular complexity index is 132. The van der Waals surface area contributed by atoms with Crippen LogP contribution in [-0.4, -0.2) is 11.1 Å². The summed E-state index contributed by atoms with van der Waals surface area (Å²) in [5.41, 5.74) is 0. The highest BCUT2D eigenvalue weighted by Gasteiger charge is 2.22. The van der Waals surface area contributed by atoms with Crippen LogP contribution in [0.1, 0.15) is 46.5 Å². The highest BCUT2D eigenvalue weighted by molar-refractivity contribution is 5.70. The third-order valence-electron chi connectivity index (χ3n) is 2.52. The maximum atomic E-state index is 10.8. The topological polar surface area (TPSA) is 37.3 Å². The van der Waals surface area contributed by atoms with Crippen molar-refractivity contribution in [3.8, 4) is 0 Å². The van der Waals surface area contributed by atoms with Crippen LogP contribution in [0.15, 0.2) is 0 Å². The first-order valence-electron chi connectivity index (χ1n) is 4.86. The predicted octanol–water partition coefficient (Wildman–Crippen LogP) is 2.92. The Morgan fingerprint density at radius 1 is 1.42 bits per heavy atom. The van der Waals surface area contributed by atoms with E-state index in [1.165, 1.54) is 0 Å². The Balaban J connectivity index is 3.94. The van der Waals surface area contributed by atoms with Crippen molar-refractivity contribution in [2.45, 2.75) is 46.5 Å². The molecule has 1 N–H and O–H groups in total. The summed E-state index contributed by atoms with van der Waals surface area (Å²) in [6, 6.07) is 0. The molecule has 0 bridgehead atoms. The van der Waals surface area contributed by atoms with Crippen molar-refractivity contribution in [3.05, 3.63) is 0 Å². The quantitative estimate of drug-likeness (QED) is 0.668. The molecule has 0 heterocycles. The van der Waals surface area contributed by atoms with Crippen LogP contribution in [0, 0.1) is 11.8 Å². The summed E-state index contributed by atoms with van der Waals surface area (Å²) in [6.45, 7) is 6.16. The summed E-state index contributed by atoms with van der Waals surface area (Å²) in [6.07, 6.45) is 3.91. The van der Waals surface area contributed by atoms with E-state index in [2.05, 4.69) is 6.92 Å². The van der Waals surface area contributed by atoms with E-state index in [4.69, 9.17) is 5.11 Å². The second-order valence-corrected chi connectivity index (χ2v) is 3.47. The van der Waals surface area contributed by atoms with E-state index in [-0.39, 0.29) is 5.92 Å². The van der Waals surface area contributed by atoms with Crippen molar-refractivity contribution in [2.75, 3.05) is 0 Å². The molecule has 72 valence electrons. The lowest BCUT2D eigenvalue weighted by molar-refractivity contribution is -0.143. The van der Waals surface area contributed by atoms with E-state index in [0.29, 0.717) is 5.92 Å². The summed E-state index contributed by atoms with van der Waals surface area (Å²) in [7, 11) is 0. The van der Waals surface area contributed by atoms with Crippen LogP contribution in [0.2, 0.25) is 0 Å². The van der Waals surface area contributed by atoms with E-state index in [0.717, 1.165) is 25.7 Å². The predicted molar refractivity (Wildman–Crippen MR) is 50.1 cm³/mol. The molecule has 0 aliphatic carbocycles. The zero-order chi connectivity index (χ0) is 9.56. The molecule has 12 heavy (non-hydrogen) atoms. The molecule has 0 rings (SSSR count). The summed E-state index contributed by atoms with van der Waals surface area (Å²) in [4.78, 5) is 10.8. The van der Waals surface area contributed by atoms with Gasteiger partial charge in [0.05, 0.1) is 5.92 Å². The SMILES string of the molecule is CCCC[C@@H](C(=O)O)[C@@H](C)CC. The van der Waals surface area contributed by atoms with Gasteiger partial charge in [-0.05, 0) is 12.3 Å². The Labute approximate surface area is 75.0 Å². The van der Waals surface area contributed by atoms with Gasteiger partial charge in [-0.25, -0.2) is 0 Å². The van der Waals surface area contributed by atoms with E-state index in [1.807, 2.05) is 13.8 Å². The molecular formula is C10H20O2. The van der Waals surface area contributed by atoms with Crippen molar-refractivity contribution >= 4 is 5.97 Å². The number of carboxylic acid groups (broad SMARTS) is 1. The highest BCUT2D eigenvalue weighted by Crippen LogP contribution is 2.21. The van der Waals surface area contributed by atoms with Crippen LogP contribution < -0.4 is 0 Å². The summed E-state index contributed by atoms with van der Waals surface area (Å²) >= 11 is 0. The Hall–Kier alpha value is -0.530. The normalized spacial score (nSPS) is 15.6. The number of unbranched alkanes of at least 4 members (excludes halogenated alkanes) is 1. The first-order chi connectivity index (χ1) is 5.63. The number of carbonyl (C=O) groups is 1. The van der Waals surface area contributed by atoms with Crippen LogP contribution in [0.4, 0.5) is 0 Å². The maximum absolute atomic E-state index is 10.8. The second kappa shape index (κ2) is 6.04. The first kappa shape index (κ1) is 11.5. The second-order valence-electron chi connectivity index (χ2n) is 3.47. The fourth-order valence-electron chi connectivity index (χ4n) is 1.36. The van der Waals surface area contributed by atoms with Crippen LogP contribution in [0.5, 0.6) is 0 Å². The van der Waals surface area contributed by atoms with Gasteiger partial charge in [-0.2, -0.15) is 0 Å². The van der Waals surface area contributed by atoms with Gasteiger partial charge < -0.3 is 5.11 Å². The molecule has 0 unspecified atom stereocenters. The molecule has 0 aromatic carbocycles. The molecule has 0 amide bonds. The molecule has 2 heteroatoms. The van der Waals surface area contributed by atoms with Gasteiger partial charge in [-0.3, -0.25) is 4.79 Å². The molecule has 0 fully saturated rings. The van der Waals surface area contributed by atoms with Crippen molar-refractivity contribution in [1.82, 2.24) is 0 Å². The van der Waals surface area contributed by atoms with Crippen LogP contribution >= 0.6 is 0 Å². The summed E-state index contributed by atoms with van der Waals surface area (Å²) < 4.78 is 0. The number of aliphatic carboxylic acids is 1. The van der Waals surface area contributed by atoms with Gasteiger partial charge in [0.1, 0.15) is 0 Å². The average Bonchev–Trinajstić information content (AvgIpc) is 2.04. The van der Waals surface area contributed by atoms with Crippen LogP contribution in [-0.2, 0) is 4.79 Å². The van der Waals surface area contributed by atoms with Crippen LogP contribution in [0.25, 0.3) is 0 Å². The van der Waals surface area contributed by atoms with E-state index < -0.39 is 5.97 Å². The standard InChI is InChI=1S/C10H20O2/c1-4-6-7-9(10(11)12)8(3)5-2/h8-9H,4-7H2,1-3H3,(H,11,12)/t8-,9+/m0/s1. The molecule has 0 aromatic rings. The molecule has 0 aliphatic heterocycles. The minimum absolute atomic E-state index is 0.130. The number of carboxylic acids is 1. The van der Waals surface area contributed by atoms with Crippen LogP contribution in [0.3, 0.4) is 0 Å². The maximum Gasteiger partial charge on any atom is 0.306 e. The smallest absolute Gasteiger partial charge is 0.306 e. The van der Waals surface area contributed by atoms with Crippen molar-refractivity contribution < 1.29 is 9.90 Å². The van der Waals surface area contributed by atoms with E-state index >= 15 is 0 Å². The van der Waals surface area contributed by atoms with Gasteiger partial charge in [-0.1, -0.05) is 40.0 Å². The minimum Gasteiger partial charge on any atom is -0.481 e. The van der Waals surface area contributed by atoms with Gasteiger partial charge in [0.15, 0.2) is 0 Å². The van der Waals surface area contributed by atoms with Gasteiger partial charge in [0.2, 0.25) is 0 Å². The Kier molecular flexibility index (Phi) is 5.77. The number of rotatable bonds is 6. The molecule has 0 saturated heterocycles. The lowest BCUT2D eigenvalue weighted by Gasteiger charge is -2.17. The van der Waals surface area contributed by atoms with E-state index in [1.54, 1.807) is 0 Å². The monoisotopic (exact) mass is 172 g/mol. The molecule has 2 nitrogen and oxygen atoms in total. The van der Waals surface area contributed by atoms with Gasteiger partial charge in [0.25, 0.3) is 0 Å². The molecule has 0 radical (unpaired) electrons. The number of hydrogen-bond donors (Lipinski definition) is 1. The van der Waals surface area contributed by atoms with Gasteiger partial charge in [-0.15, -0.1) is 0 Å². The third-order valence-corrected chi connectivity index (χ3v) is 2.52. The summed E-state index contributed by atoms with van der Waals surface area (Å²) in [5.74, 6) is -0.443. The summed E-state index contributed by atoms with van der Waals surface area (Å²) in [5, 5.41) is 8.90. The third kappa shape index (κ3) is 3.74. The van der Waals surface area contributed by atoms with E-state index in [9.17, 15) is 4.79 Å². The zero-order valence-corrected chi connectivity index (χ0v) is 8.34. The molecule has 0 aliphatic rings. The highest BCUT2D eigenvalue weighted by atomic mass is 16.4. The molecular weight excluding hydrogens is 152 g/mol. The lowest BCUT2D eigenvalue weighted by atomic mass is 9.88. The van der Waals surface area contributed by atoms with Crippen molar-refractivity contribution in [1.29, 1.82) is 0 Å². The van der Waals surface area contributed by atoms with Gasteiger partial charge >= 0.3 is 5.97 Å².